The average molecular weight is 453 g/mol. The maximum absolute atomic E-state index is 13.7. The van der Waals surface area contributed by atoms with Crippen LogP contribution in [0.2, 0.25) is 0 Å². The molecule has 168 valence electrons. The van der Waals surface area contributed by atoms with Gasteiger partial charge in [0.1, 0.15) is 23.4 Å². The minimum absolute atomic E-state index is 0.0936. The van der Waals surface area contributed by atoms with Gasteiger partial charge in [0.05, 0.1) is 13.2 Å². The number of hydrogen-bond acceptors (Lipinski definition) is 8. The van der Waals surface area contributed by atoms with Gasteiger partial charge < -0.3 is 20.2 Å². The van der Waals surface area contributed by atoms with Gasteiger partial charge in [-0.05, 0) is 38.3 Å². The maximum atomic E-state index is 13.7. The number of thioether (sulfide) groups is 1. The predicted molar refractivity (Wildman–Crippen MR) is 117 cm³/mol. The fraction of sp³-hybridized carbons (Fsp3) is 0.429. The molecule has 2 heterocycles. The monoisotopic (exact) mass is 452 g/mol. The molecule has 3 rings (SSSR count). The third-order valence-corrected chi connectivity index (χ3v) is 5.87. The number of benzene rings is 1. The van der Waals surface area contributed by atoms with E-state index in [4.69, 9.17) is 4.74 Å². The Bertz CT molecular complexity index is 940. The molecule has 10 heteroatoms. The molecule has 31 heavy (non-hydrogen) atoms. The van der Waals surface area contributed by atoms with Gasteiger partial charge in [-0.15, -0.1) is 0 Å². The minimum atomic E-state index is -0.720. The Balaban J connectivity index is 1.88. The van der Waals surface area contributed by atoms with Crippen molar-refractivity contribution in [2.24, 2.45) is 0 Å². The van der Waals surface area contributed by atoms with Gasteiger partial charge in [-0.25, -0.2) is 18.8 Å². The summed E-state index contributed by atoms with van der Waals surface area (Å²) in [7, 11) is 1.50. The lowest BCUT2D eigenvalue weighted by molar-refractivity contribution is -0.115. The number of methoxy groups -OCH3 is 1. The van der Waals surface area contributed by atoms with Gasteiger partial charge >= 0.3 is 0 Å². The van der Waals surface area contributed by atoms with E-state index < -0.39 is 23.8 Å². The highest BCUT2D eigenvalue weighted by molar-refractivity contribution is 8.13. The molecule has 1 aliphatic heterocycles. The van der Waals surface area contributed by atoms with Crippen LogP contribution in [0.15, 0.2) is 24.3 Å². The van der Waals surface area contributed by atoms with E-state index in [0.717, 1.165) is 17.8 Å². The van der Waals surface area contributed by atoms with Crippen molar-refractivity contribution >= 4 is 28.3 Å². The Morgan fingerprint density at radius 3 is 2.55 bits per heavy atom. The predicted octanol–water partition coefficient (Wildman–Crippen LogP) is 3.14. The molecule has 1 saturated heterocycles. The van der Waals surface area contributed by atoms with Crippen molar-refractivity contribution in [3.63, 3.8) is 0 Å². The first kappa shape index (κ1) is 23.2. The smallest absolute Gasteiger partial charge is 0.238 e. The molecule has 0 amide bonds. The first-order chi connectivity index (χ1) is 14.7. The van der Waals surface area contributed by atoms with Crippen LogP contribution in [0.4, 0.5) is 20.2 Å². The summed E-state index contributed by atoms with van der Waals surface area (Å²) in [5, 5.41) is 11.7. The lowest BCUT2D eigenvalue weighted by atomic mass is 10.1. The minimum Gasteiger partial charge on any atom is -0.479 e. The Morgan fingerprint density at radius 2 is 1.97 bits per heavy atom. The topological polar surface area (TPSA) is 77.9 Å². The number of nitrogens with one attached hydrogen (secondary N) is 1. The largest absolute Gasteiger partial charge is 0.479 e. The zero-order valence-electron chi connectivity index (χ0n) is 17.9. The Morgan fingerprint density at radius 1 is 1.29 bits per heavy atom. The molecule has 1 fully saturated rings. The number of carbonyl (C=O) groups excluding carboxylic acids is 1. The number of hydrogen-bond donors (Lipinski definition) is 2. The molecular weight excluding hydrogens is 426 g/mol. The summed E-state index contributed by atoms with van der Waals surface area (Å²) in [6, 6.07) is 4.50. The number of anilines is 2. The molecule has 0 bridgehead atoms. The van der Waals surface area contributed by atoms with Gasteiger partial charge in [-0.3, -0.25) is 4.79 Å². The van der Waals surface area contributed by atoms with E-state index >= 15 is 0 Å². The average Bonchev–Trinajstić information content (AvgIpc) is 2.73. The van der Waals surface area contributed by atoms with Crippen LogP contribution in [-0.2, 0) is 4.79 Å². The Kier molecular flexibility index (Phi) is 7.34. The van der Waals surface area contributed by atoms with Crippen molar-refractivity contribution in [2.75, 3.05) is 43.3 Å². The molecule has 0 spiro atoms. The lowest BCUT2D eigenvalue weighted by Gasteiger charge is -2.41. The molecule has 0 saturated carbocycles. The number of carbonyl (C=O) groups is 1. The van der Waals surface area contributed by atoms with E-state index in [9.17, 15) is 18.7 Å². The number of aliphatic hydroxyl groups excluding tert-OH is 1. The fourth-order valence-electron chi connectivity index (χ4n) is 3.62. The number of nitrogens with zero attached hydrogens (tertiary/aromatic N) is 3. The number of rotatable bonds is 6. The first-order valence-corrected chi connectivity index (χ1v) is 11.0. The lowest BCUT2D eigenvalue weighted by Crippen LogP contribution is -2.58. The van der Waals surface area contributed by atoms with Crippen molar-refractivity contribution in [3.05, 3.63) is 47.2 Å². The fourth-order valence-corrected chi connectivity index (χ4v) is 4.10. The normalized spacial score (nSPS) is 18.0. The zero-order valence-corrected chi connectivity index (χ0v) is 18.7. The highest BCUT2D eigenvalue weighted by atomic mass is 32.2. The third-order valence-electron chi connectivity index (χ3n) is 5.19. The van der Waals surface area contributed by atoms with Gasteiger partial charge in [-0.2, -0.15) is 0 Å². The van der Waals surface area contributed by atoms with Crippen LogP contribution >= 0.6 is 11.8 Å². The molecule has 1 aromatic carbocycles. The van der Waals surface area contributed by atoms with Crippen LogP contribution in [-0.4, -0.2) is 59.3 Å². The van der Waals surface area contributed by atoms with Gasteiger partial charge in [0, 0.05) is 42.6 Å². The molecule has 0 aliphatic carbocycles. The van der Waals surface area contributed by atoms with Gasteiger partial charge in [-0.1, -0.05) is 11.8 Å². The van der Waals surface area contributed by atoms with Gasteiger partial charge in [0.15, 0.2) is 0 Å². The van der Waals surface area contributed by atoms with E-state index in [0.29, 0.717) is 41.6 Å². The second kappa shape index (κ2) is 9.80. The summed E-state index contributed by atoms with van der Waals surface area (Å²) < 4.78 is 32.7. The number of aryl methyl sites for hydroxylation is 1. The Labute approximate surface area is 184 Å². The molecule has 2 aromatic rings. The molecule has 7 nitrogen and oxygen atoms in total. The van der Waals surface area contributed by atoms with E-state index in [1.165, 1.54) is 19.2 Å². The number of aliphatic hydroxyl groups is 1. The highest BCUT2D eigenvalue weighted by Gasteiger charge is 2.33. The number of pyridine rings is 1. The van der Waals surface area contributed by atoms with Crippen molar-refractivity contribution in [1.29, 1.82) is 0 Å². The van der Waals surface area contributed by atoms with E-state index in [2.05, 4.69) is 10.4 Å². The van der Waals surface area contributed by atoms with Crippen LogP contribution in [0.5, 0.6) is 5.88 Å². The van der Waals surface area contributed by atoms with Crippen LogP contribution < -0.4 is 15.1 Å². The number of hydrazine groups is 1. The molecule has 1 aliphatic rings. The second-order valence-electron chi connectivity index (χ2n) is 7.31. The van der Waals surface area contributed by atoms with Crippen LogP contribution in [0.25, 0.3) is 0 Å². The van der Waals surface area contributed by atoms with E-state index in [-0.39, 0.29) is 11.7 Å². The first-order valence-electron chi connectivity index (χ1n) is 9.79. The zero-order chi connectivity index (χ0) is 22.7. The summed E-state index contributed by atoms with van der Waals surface area (Å²) in [4.78, 5) is 18.9. The summed E-state index contributed by atoms with van der Waals surface area (Å²) in [6.45, 7) is 4.53. The summed E-state index contributed by atoms with van der Waals surface area (Å²) in [5.41, 5.74) is 5.41. The number of ether oxygens (including phenoxy) is 1. The Hall–Kier alpha value is -2.43. The maximum Gasteiger partial charge on any atom is 0.238 e. The summed E-state index contributed by atoms with van der Waals surface area (Å²) >= 11 is 1.09. The van der Waals surface area contributed by atoms with Crippen LogP contribution in [0, 0.1) is 18.6 Å². The molecule has 0 radical (unpaired) electrons. The van der Waals surface area contributed by atoms with Crippen LogP contribution in [0.3, 0.4) is 0 Å². The van der Waals surface area contributed by atoms with Gasteiger partial charge in [0.2, 0.25) is 11.0 Å². The van der Waals surface area contributed by atoms with Crippen molar-refractivity contribution in [3.8, 4) is 5.88 Å². The van der Waals surface area contributed by atoms with Crippen molar-refractivity contribution in [1.82, 2.24) is 9.99 Å². The second-order valence-corrected chi connectivity index (χ2v) is 8.12. The standard InChI is InChI=1S/C21H26F2N4O3S/c1-12-17(13(2)28)10-18(20(24-12)30-3)25-27-6-5-26(11-19(27)21(29)31-4)16-8-14(22)7-15(23)9-16/h7-10,13,19,25,28H,5-6,11H2,1-4H3. The molecule has 1 aromatic heterocycles. The van der Waals surface area contributed by atoms with Crippen LogP contribution in [0.1, 0.15) is 24.3 Å². The SMILES string of the molecule is COc1nc(C)c(C(C)O)cc1NN1CCN(c2cc(F)cc(F)c2)CC1C(=O)SC. The molecular formula is C21H26F2N4O3S. The van der Waals surface area contributed by atoms with Crippen molar-refractivity contribution < 1.29 is 23.4 Å². The van der Waals surface area contributed by atoms with Crippen molar-refractivity contribution in [2.45, 2.75) is 26.0 Å². The molecule has 2 unspecified atom stereocenters. The summed E-state index contributed by atoms with van der Waals surface area (Å²) in [6.07, 6.45) is 0.975. The van der Waals surface area contributed by atoms with Gasteiger partial charge in [0.25, 0.3) is 0 Å². The third kappa shape index (κ3) is 5.25. The molecule has 2 atom stereocenters. The highest BCUT2D eigenvalue weighted by Crippen LogP contribution is 2.30. The number of piperazine rings is 1. The van der Waals surface area contributed by atoms with E-state index in [1.54, 1.807) is 36.1 Å². The number of aromatic nitrogens is 1. The quantitative estimate of drug-likeness (QED) is 0.692. The summed E-state index contributed by atoms with van der Waals surface area (Å²) in [5.74, 6) is -0.985. The molecule has 2 N–H and O–H groups in total. The number of halogens is 2. The van der Waals surface area contributed by atoms with E-state index in [1.807, 2.05) is 0 Å².